The molecule has 2 atom stereocenters. The maximum atomic E-state index is 11.7. The van der Waals surface area contributed by atoms with Gasteiger partial charge in [-0.15, -0.1) is 0 Å². The number of oxazole rings is 1. The molecule has 25 heavy (non-hydrogen) atoms. The van der Waals surface area contributed by atoms with Crippen LogP contribution in [0.4, 0.5) is 0 Å². The fourth-order valence-electron chi connectivity index (χ4n) is 4.73. The number of nitrogens with zero attached hydrogens (tertiary/aromatic N) is 2. The van der Waals surface area contributed by atoms with E-state index in [1.54, 1.807) is 0 Å². The molecule has 4 rings (SSSR count). The van der Waals surface area contributed by atoms with Crippen molar-refractivity contribution in [2.75, 3.05) is 6.54 Å². The van der Waals surface area contributed by atoms with Crippen molar-refractivity contribution in [2.24, 2.45) is 11.3 Å². The Kier molecular flexibility index (Phi) is 3.91. The van der Waals surface area contributed by atoms with Crippen molar-refractivity contribution in [2.45, 2.75) is 45.7 Å². The Morgan fingerprint density at radius 1 is 1.32 bits per heavy atom. The van der Waals surface area contributed by atoms with Gasteiger partial charge in [0.1, 0.15) is 0 Å². The van der Waals surface area contributed by atoms with Gasteiger partial charge in [-0.2, -0.15) is 0 Å². The van der Waals surface area contributed by atoms with E-state index in [2.05, 4.69) is 23.7 Å². The molecule has 0 amide bonds. The van der Waals surface area contributed by atoms with Gasteiger partial charge in [-0.1, -0.05) is 38.5 Å². The Balaban J connectivity index is 1.64. The van der Waals surface area contributed by atoms with Crippen molar-refractivity contribution in [3.8, 4) is 11.5 Å². The molecule has 132 valence electrons. The summed E-state index contributed by atoms with van der Waals surface area (Å²) in [5.74, 6) is 0.517. The van der Waals surface area contributed by atoms with Crippen molar-refractivity contribution in [3.05, 3.63) is 41.8 Å². The average molecular weight is 340 g/mol. The van der Waals surface area contributed by atoms with Gasteiger partial charge in [-0.05, 0) is 36.3 Å². The highest BCUT2D eigenvalue weighted by molar-refractivity contribution is 5.87. The maximum Gasteiger partial charge on any atom is 0.358 e. The third-order valence-corrected chi connectivity index (χ3v) is 5.83. The molecule has 1 aromatic carbocycles. The molecular formula is C20H24N2O3. The quantitative estimate of drug-likeness (QED) is 0.909. The molecular weight excluding hydrogens is 316 g/mol. The number of aromatic carboxylic acids is 1. The predicted molar refractivity (Wildman–Crippen MR) is 94.2 cm³/mol. The predicted octanol–water partition coefficient (Wildman–Crippen LogP) is 4.05. The smallest absolute Gasteiger partial charge is 0.358 e. The van der Waals surface area contributed by atoms with Crippen molar-refractivity contribution in [1.29, 1.82) is 0 Å². The lowest BCUT2D eigenvalue weighted by atomic mass is 9.80. The molecule has 0 unspecified atom stereocenters. The first-order valence-corrected chi connectivity index (χ1v) is 8.98. The minimum absolute atomic E-state index is 0.0399. The first-order valence-electron chi connectivity index (χ1n) is 8.98. The summed E-state index contributed by atoms with van der Waals surface area (Å²) in [5.41, 5.74) is 1.11. The molecule has 2 aromatic rings. The molecule has 1 aliphatic heterocycles. The summed E-state index contributed by atoms with van der Waals surface area (Å²) in [5, 5.41) is 9.55. The number of rotatable bonds is 4. The molecule has 0 spiro atoms. The van der Waals surface area contributed by atoms with Gasteiger partial charge >= 0.3 is 5.97 Å². The van der Waals surface area contributed by atoms with Gasteiger partial charge in [0.25, 0.3) is 0 Å². The molecule has 1 aliphatic carbocycles. The summed E-state index contributed by atoms with van der Waals surface area (Å²) in [4.78, 5) is 18.3. The normalized spacial score (nSPS) is 25.2. The Morgan fingerprint density at radius 2 is 2.08 bits per heavy atom. The number of hydrogen-bond acceptors (Lipinski definition) is 4. The standard InChI is InChI=1S/C20H24N2O3/c1-20(2)12-22(15-10-6-9-14(15)20)11-16-17(19(23)24)21-18(25-16)13-7-4-3-5-8-13/h3-5,7-8,14-15H,6,9-12H2,1-2H3,(H,23,24)/t14-,15+/m0/s1. The van der Waals surface area contributed by atoms with Crippen LogP contribution in [0.3, 0.4) is 0 Å². The molecule has 2 aliphatic rings. The summed E-state index contributed by atoms with van der Waals surface area (Å²) in [6.45, 7) is 6.14. The summed E-state index contributed by atoms with van der Waals surface area (Å²) in [6, 6.07) is 10.00. The summed E-state index contributed by atoms with van der Waals surface area (Å²) < 4.78 is 5.91. The fourth-order valence-corrected chi connectivity index (χ4v) is 4.73. The Hall–Kier alpha value is -2.14. The highest BCUT2D eigenvalue weighted by Crippen LogP contribution is 2.49. The SMILES string of the molecule is CC1(C)CN(Cc2oc(-c3ccccc3)nc2C(=O)O)[C@@H]2CCC[C@@H]21. The average Bonchev–Trinajstić information content (AvgIpc) is 3.26. The number of likely N-dealkylation sites (tertiary alicyclic amines) is 1. The van der Waals surface area contributed by atoms with Crippen molar-refractivity contribution < 1.29 is 14.3 Å². The van der Waals surface area contributed by atoms with Gasteiger partial charge in [-0.25, -0.2) is 9.78 Å². The van der Waals surface area contributed by atoms with E-state index < -0.39 is 5.97 Å². The lowest BCUT2D eigenvalue weighted by Crippen LogP contribution is -2.30. The second-order valence-corrected chi connectivity index (χ2v) is 7.96. The van der Waals surface area contributed by atoms with E-state index in [-0.39, 0.29) is 11.1 Å². The van der Waals surface area contributed by atoms with Gasteiger partial charge in [-0.3, -0.25) is 4.90 Å². The minimum Gasteiger partial charge on any atom is -0.476 e. The van der Waals surface area contributed by atoms with Crippen LogP contribution in [0.1, 0.15) is 49.4 Å². The molecule has 1 saturated carbocycles. The topological polar surface area (TPSA) is 66.6 Å². The van der Waals surface area contributed by atoms with E-state index in [1.807, 2.05) is 30.3 Å². The lowest BCUT2D eigenvalue weighted by molar-refractivity contribution is 0.0686. The Bertz CT molecular complexity index is 781. The van der Waals surface area contributed by atoms with Gasteiger partial charge in [0.05, 0.1) is 6.54 Å². The Morgan fingerprint density at radius 3 is 2.80 bits per heavy atom. The summed E-state index contributed by atoms with van der Waals surface area (Å²) in [6.07, 6.45) is 3.72. The molecule has 5 nitrogen and oxygen atoms in total. The van der Waals surface area contributed by atoms with Crippen LogP contribution in [-0.2, 0) is 6.54 Å². The van der Waals surface area contributed by atoms with Gasteiger partial charge < -0.3 is 9.52 Å². The van der Waals surface area contributed by atoms with Crippen LogP contribution in [0.25, 0.3) is 11.5 Å². The molecule has 5 heteroatoms. The van der Waals surface area contributed by atoms with Crippen molar-refractivity contribution in [3.63, 3.8) is 0 Å². The molecule has 1 aromatic heterocycles. The van der Waals surface area contributed by atoms with Gasteiger partial charge in [0.15, 0.2) is 11.5 Å². The zero-order valence-electron chi connectivity index (χ0n) is 14.7. The van der Waals surface area contributed by atoms with E-state index in [0.717, 1.165) is 12.1 Å². The lowest BCUT2D eigenvalue weighted by Gasteiger charge is -2.24. The molecule has 1 saturated heterocycles. The second kappa shape index (κ2) is 5.99. The number of fused-ring (bicyclic) bond motifs is 1. The number of carboxylic acid groups (broad SMARTS) is 1. The number of carbonyl (C=O) groups is 1. The van der Waals surface area contributed by atoms with Crippen LogP contribution in [0.15, 0.2) is 34.7 Å². The second-order valence-electron chi connectivity index (χ2n) is 7.96. The molecule has 2 fully saturated rings. The van der Waals surface area contributed by atoms with Crippen LogP contribution >= 0.6 is 0 Å². The number of hydrogen-bond donors (Lipinski definition) is 1. The third-order valence-electron chi connectivity index (χ3n) is 5.83. The highest BCUT2D eigenvalue weighted by Gasteiger charge is 2.49. The van der Waals surface area contributed by atoms with Gasteiger partial charge in [0.2, 0.25) is 5.89 Å². The van der Waals surface area contributed by atoms with Crippen molar-refractivity contribution in [1.82, 2.24) is 9.88 Å². The largest absolute Gasteiger partial charge is 0.476 e. The zero-order valence-corrected chi connectivity index (χ0v) is 14.7. The molecule has 1 N–H and O–H groups in total. The monoisotopic (exact) mass is 340 g/mol. The maximum absolute atomic E-state index is 11.7. The van der Waals surface area contributed by atoms with Crippen molar-refractivity contribution >= 4 is 5.97 Å². The number of carboxylic acids is 1. The Labute approximate surface area is 147 Å². The van der Waals surface area contributed by atoms with E-state index in [1.165, 1.54) is 19.3 Å². The first kappa shape index (κ1) is 16.3. The van der Waals surface area contributed by atoms with E-state index in [4.69, 9.17) is 4.42 Å². The fraction of sp³-hybridized carbons (Fsp3) is 0.500. The first-order chi connectivity index (χ1) is 12.0. The van der Waals surface area contributed by atoms with Gasteiger partial charge in [0, 0.05) is 18.2 Å². The molecule has 0 bridgehead atoms. The van der Waals surface area contributed by atoms with E-state index in [9.17, 15) is 9.90 Å². The van der Waals surface area contributed by atoms with Crippen LogP contribution in [-0.4, -0.2) is 33.5 Å². The van der Waals surface area contributed by atoms with Crippen LogP contribution in [0, 0.1) is 11.3 Å². The zero-order chi connectivity index (χ0) is 17.6. The van der Waals surface area contributed by atoms with Crippen LogP contribution < -0.4 is 0 Å². The minimum atomic E-state index is -1.03. The highest BCUT2D eigenvalue weighted by atomic mass is 16.4. The molecule has 2 heterocycles. The molecule has 0 radical (unpaired) electrons. The van der Waals surface area contributed by atoms with E-state index >= 15 is 0 Å². The summed E-state index contributed by atoms with van der Waals surface area (Å²) >= 11 is 0. The number of aromatic nitrogens is 1. The number of benzene rings is 1. The van der Waals surface area contributed by atoms with Crippen LogP contribution in [0.5, 0.6) is 0 Å². The van der Waals surface area contributed by atoms with Crippen LogP contribution in [0.2, 0.25) is 0 Å². The van der Waals surface area contributed by atoms with E-state index in [0.29, 0.717) is 30.2 Å². The summed E-state index contributed by atoms with van der Waals surface area (Å²) in [7, 11) is 0. The third kappa shape index (κ3) is 2.86.